The van der Waals surface area contributed by atoms with Crippen LogP contribution in [0.15, 0.2) is 16.5 Å². The Balaban J connectivity index is 2.32. The maximum atomic E-state index is 11.3. The first-order chi connectivity index (χ1) is 7.09. The van der Waals surface area contributed by atoms with E-state index in [0.717, 1.165) is 4.90 Å². The largest absolute Gasteiger partial charge is 0.480 e. The highest BCUT2D eigenvalue weighted by Gasteiger charge is 2.40. The van der Waals surface area contributed by atoms with Crippen LogP contribution in [0, 0.1) is 6.92 Å². The minimum absolute atomic E-state index is 0.159. The summed E-state index contributed by atoms with van der Waals surface area (Å²) in [5, 5.41) is 8.85. The number of carbonyl (C=O) groups is 2. The molecule has 1 aliphatic heterocycles. The molecule has 0 spiro atoms. The number of rotatable bonds is 2. The number of carboxylic acids is 1. The Labute approximate surface area is 85.0 Å². The molecule has 2 heterocycles. The second kappa shape index (κ2) is 3.30. The molecule has 1 aliphatic rings. The van der Waals surface area contributed by atoms with Gasteiger partial charge >= 0.3 is 12.1 Å². The molecule has 0 radical (unpaired) electrons. The van der Waals surface area contributed by atoms with Crippen molar-refractivity contribution in [3.8, 4) is 0 Å². The van der Waals surface area contributed by atoms with Gasteiger partial charge in [0, 0.05) is 6.07 Å². The van der Waals surface area contributed by atoms with Crippen molar-refractivity contribution in [3.05, 3.63) is 17.9 Å². The van der Waals surface area contributed by atoms with E-state index in [1.807, 2.05) is 0 Å². The van der Waals surface area contributed by atoms with Crippen LogP contribution in [0.2, 0.25) is 0 Å². The molecule has 2 rings (SSSR count). The lowest BCUT2D eigenvalue weighted by Gasteiger charge is -2.14. The Morgan fingerprint density at radius 1 is 1.60 bits per heavy atom. The predicted octanol–water partition coefficient (Wildman–Crippen LogP) is 0.998. The number of carbonyl (C=O) groups excluding carboxylic acids is 1. The fourth-order valence-corrected chi connectivity index (χ4v) is 1.40. The van der Waals surface area contributed by atoms with Crippen molar-refractivity contribution in [1.29, 1.82) is 0 Å². The van der Waals surface area contributed by atoms with Crippen molar-refractivity contribution in [3.63, 3.8) is 0 Å². The van der Waals surface area contributed by atoms with E-state index in [1.54, 1.807) is 13.0 Å². The zero-order valence-electron chi connectivity index (χ0n) is 7.97. The number of hydrogen-bond acceptors (Lipinski definition) is 4. The molecule has 1 saturated heterocycles. The average Bonchev–Trinajstić information content (AvgIpc) is 2.71. The number of aryl methyl sites for hydroxylation is 1. The molecule has 80 valence electrons. The predicted molar refractivity (Wildman–Crippen MR) is 48.7 cm³/mol. The lowest BCUT2D eigenvalue weighted by Crippen LogP contribution is -2.39. The maximum Gasteiger partial charge on any atom is 0.417 e. The van der Waals surface area contributed by atoms with E-state index in [0.29, 0.717) is 5.76 Å². The molecule has 0 saturated carbocycles. The van der Waals surface area contributed by atoms with Gasteiger partial charge in [-0.3, -0.25) is 0 Å². The van der Waals surface area contributed by atoms with Gasteiger partial charge in [0.2, 0.25) is 5.88 Å². The van der Waals surface area contributed by atoms with Crippen LogP contribution in [-0.4, -0.2) is 29.8 Å². The van der Waals surface area contributed by atoms with Crippen molar-refractivity contribution in [2.24, 2.45) is 0 Å². The van der Waals surface area contributed by atoms with Gasteiger partial charge in [-0.2, -0.15) is 0 Å². The second-order valence-corrected chi connectivity index (χ2v) is 3.19. The molecule has 1 aromatic rings. The first-order valence-corrected chi connectivity index (χ1v) is 4.35. The third-order valence-corrected chi connectivity index (χ3v) is 2.12. The molecule has 1 aromatic heterocycles. The summed E-state index contributed by atoms with van der Waals surface area (Å²) in [7, 11) is 0. The summed E-state index contributed by atoms with van der Waals surface area (Å²) in [6.45, 7) is 1.55. The second-order valence-electron chi connectivity index (χ2n) is 3.19. The van der Waals surface area contributed by atoms with Crippen LogP contribution in [0.5, 0.6) is 0 Å². The number of furan rings is 1. The average molecular weight is 211 g/mol. The molecular formula is C9H9NO5. The summed E-state index contributed by atoms with van der Waals surface area (Å²) in [6.07, 6.45) is -0.697. The van der Waals surface area contributed by atoms with E-state index in [-0.39, 0.29) is 12.5 Å². The number of ether oxygens (including phenoxy) is 1. The number of hydrogen-bond donors (Lipinski definition) is 1. The molecule has 0 bridgehead atoms. The molecule has 1 amide bonds. The van der Waals surface area contributed by atoms with Gasteiger partial charge in [-0.1, -0.05) is 0 Å². The molecule has 15 heavy (non-hydrogen) atoms. The Morgan fingerprint density at radius 2 is 2.33 bits per heavy atom. The fourth-order valence-electron chi connectivity index (χ4n) is 1.40. The maximum absolute atomic E-state index is 11.3. The molecule has 6 heteroatoms. The van der Waals surface area contributed by atoms with Crippen LogP contribution in [0.1, 0.15) is 5.76 Å². The number of nitrogens with zero attached hydrogens (tertiary/aromatic N) is 1. The highest BCUT2D eigenvalue weighted by atomic mass is 16.6. The summed E-state index contributed by atoms with van der Waals surface area (Å²) < 4.78 is 9.83. The van der Waals surface area contributed by atoms with Crippen LogP contribution in [-0.2, 0) is 9.53 Å². The Morgan fingerprint density at radius 3 is 2.87 bits per heavy atom. The van der Waals surface area contributed by atoms with Crippen molar-refractivity contribution in [2.45, 2.75) is 13.0 Å². The van der Waals surface area contributed by atoms with Crippen molar-refractivity contribution in [1.82, 2.24) is 0 Å². The Kier molecular flexibility index (Phi) is 2.11. The SMILES string of the molecule is Cc1ccc(N2C(=O)OCC2C(=O)O)o1. The monoisotopic (exact) mass is 211 g/mol. The molecule has 0 aliphatic carbocycles. The van der Waals surface area contributed by atoms with Gasteiger partial charge < -0.3 is 14.3 Å². The third kappa shape index (κ3) is 1.54. The number of carboxylic acid groups (broad SMARTS) is 1. The first kappa shape index (κ1) is 9.57. The third-order valence-electron chi connectivity index (χ3n) is 2.12. The van der Waals surface area contributed by atoms with E-state index in [4.69, 9.17) is 9.52 Å². The van der Waals surface area contributed by atoms with Gasteiger partial charge in [0.05, 0.1) is 0 Å². The van der Waals surface area contributed by atoms with Crippen LogP contribution in [0.4, 0.5) is 10.7 Å². The zero-order valence-corrected chi connectivity index (χ0v) is 7.97. The molecular weight excluding hydrogens is 202 g/mol. The molecule has 1 atom stereocenters. The van der Waals surface area contributed by atoms with E-state index >= 15 is 0 Å². The summed E-state index contributed by atoms with van der Waals surface area (Å²) >= 11 is 0. The highest BCUT2D eigenvalue weighted by Crippen LogP contribution is 2.25. The van der Waals surface area contributed by atoms with Gasteiger partial charge in [0.15, 0.2) is 6.04 Å². The summed E-state index contributed by atoms with van der Waals surface area (Å²) in [5.41, 5.74) is 0. The molecule has 1 unspecified atom stereocenters. The van der Waals surface area contributed by atoms with Crippen LogP contribution < -0.4 is 4.90 Å². The van der Waals surface area contributed by atoms with E-state index in [1.165, 1.54) is 6.07 Å². The standard InChI is InChI=1S/C9H9NO5/c1-5-2-3-7(15-5)10-6(8(11)12)4-14-9(10)13/h2-3,6H,4H2,1H3,(H,11,12). The Hall–Kier alpha value is -1.98. The van der Waals surface area contributed by atoms with Crippen LogP contribution >= 0.6 is 0 Å². The normalized spacial score (nSPS) is 20.5. The summed E-state index contributed by atoms with van der Waals surface area (Å²) in [6, 6.07) is 2.18. The van der Waals surface area contributed by atoms with Crippen LogP contribution in [0.25, 0.3) is 0 Å². The lowest BCUT2D eigenvalue weighted by atomic mass is 10.3. The number of anilines is 1. The highest BCUT2D eigenvalue weighted by molar-refractivity contribution is 5.96. The minimum atomic E-state index is -1.12. The zero-order chi connectivity index (χ0) is 11.0. The molecule has 6 nitrogen and oxygen atoms in total. The Bertz CT molecular complexity index is 410. The summed E-state index contributed by atoms with van der Waals surface area (Å²) in [4.78, 5) is 23.1. The molecule has 1 fully saturated rings. The summed E-state index contributed by atoms with van der Waals surface area (Å²) in [5.74, 6) is -0.314. The van der Waals surface area contributed by atoms with Gasteiger partial charge in [-0.15, -0.1) is 0 Å². The number of aliphatic carboxylic acids is 1. The smallest absolute Gasteiger partial charge is 0.417 e. The number of cyclic esters (lactones) is 1. The quantitative estimate of drug-likeness (QED) is 0.789. The van der Waals surface area contributed by atoms with E-state index < -0.39 is 18.1 Å². The lowest BCUT2D eigenvalue weighted by molar-refractivity contribution is -0.138. The van der Waals surface area contributed by atoms with Crippen LogP contribution in [0.3, 0.4) is 0 Å². The number of amides is 1. The molecule has 0 aromatic carbocycles. The van der Waals surface area contributed by atoms with Gasteiger partial charge in [0.25, 0.3) is 0 Å². The first-order valence-electron chi connectivity index (χ1n) is 4.35. The van der Waals surface area contributed by atoms with Gasteiger partial charge in [-0.25, -0.2) is 14.5 Å². The van der Waals surface area contributed by atoms with Gasteiger partial charge in [-0.05, 0) is 13.0 Å². The van der Waals surface area contributed by atoms with E-state index in [9.17, 15) is 9.59 Å². The van der Waals surface area contributed by atoms with Crippen molar-refractivity contribution in [2.75, 3.05) is 11.5 Å². The van der Waals surface area contributed by atoms with Crippen molar-refractivity contribution < 1.29 is 23.8 Å². The van der Waals surface area contributed by atoms with Gasteiger partial charge in [0.1, 0.15) is 12.4 Å². The molecule has 1 N–H and O–H groups in total. The minimum Gasteiger partial charge on any atom is -0.480 e. The van der Waals surface area contributed by atoms with E-state index in [2.05, 4.69) is 4.74 Å². The fraction of sp³-hybridized carbons (Fsp3) is 0.333. The topological polar surface area (TPSA) is 80.0 Å². The van der Waals surface area contributed by atoms with Crippen molar-refractivity contribution >= 4 is 17.9 Å².